The average Bonchev–Trinajstić information content (AvgIpc) is 2.36. The Kier molecular flexibility index (Phi) is 4.79. The molecular formula is C12H18ClN3O3. The second kappa shape index (κ2) is 6.36. The van der Waals surface area contributed by atoms with E-state index < -0.39 is 6.04 Å². The van der Waals surface area contributed by atoms with E-state index in [1.165, 1.54) is 17.3 Å². The van der Waals surface area contributed by atoms with Gasteiger partial charge in [0.15, 0.2) is 0 Å². The Morgan fingerprint density at radius 1 is 1.47 bits per heavy atom. The van der Waals surface area contributed by atoms with Crippen molar-refractivity contribution in [2.45, 2.75) is 31.8 Å². The molecule has 2 rings (SSSR count). The van der Waals surface area contributed by atoms with Gasteiger partial charge >= 0.3 is 0 Å². The SMILES string of the molecule is O=c1c(NC(CO)CO)c(Cl)cnn1CC1CCC1. The lowest BCUT2D eigenvalue weighted by molar-refractivity contribution is 0.203. The summed E-state index contributed by atoms with van der Waals surface area (Å²) >= 11 is 5.94. The van der Waals surface area contributed by atoms with Crippen molar-refractivity contribution in [3.8, 4) is 0 Å². The molecule has 0 amide bonds. The number of nitrogens with zero attached hydrogens (tertiary/aromatic N) is 2. The van der Waals surface area contributed by atoms with Gasteiger partial charge < -0.3 is 15.5 Å². The Morgan fingerprint density at radius 3 is 2.68 bits per heavy atom. The maximum absolute atomic E-state index is 12.2. The fourth-order valence-electron chi connectivity index (χ4n) is 2.00. The molecular weight excluding hydrogens is 270 g/mol. The van der Waals surface area contributed by atoms with Gasteiger partial charge in [-0.2, -0.15) is 5.10 Å². The highest BCUT2D eigenvalue weighted by atomic mass is 35.5. The molecule has 1 aromatic heterocycles. The maximum Gasteiger partial charge on any atom is 0.291 e. The summed E-state index contributed by atoms with van der Waals surface area (Å²) < 4.78 is 1.39. The number of aromatic nitrogens is 2. The van der Waals surface area contributed by atoms with E-state index in [0.29, 0.717) is 12.5 Å². The van der Waals surface area contributed by atoms with Crippen LogP contribution >= 0.6 is 11.6 Å². The Hall–Kier alpha value is -1.11. The van der Waals surface area contributed by atoms with E-state index in [1.807, 2.05) is 0 Å². The minimum absolute atomic E-state index is 0.184. The lowest BCUT2D eigenvalue weighted by Crippen LogP contribution is -2.35. The Morgan fingerprint density at radius 2 is 2.16 bits per heavy atom. The van der Waals surface area contributed by atoms with Crippen molar-refractivity contribution in [2.24, 2.45) is 5.92 Å². The summed E-state index contributed by atoms with van der Waals surface area (Å²) in [6, 6.07) is -0.607. The molecule has 19 heavy (non-hydrogen) atoms. The third-order valence-corrected chi connectivity index (χ3v) is 3.73. The van der Waals surface area contributed by atoms with Crippen LogP contribution in [-0.2, 0) is 6.54 Å². The molecule has 0 radical (unpaired) electrons. The first-order valence-electron chi connectivity index (χ1n) is 6.39. The molecule has 0 atom stereocenters. The van der Waals surface area contributed by atoms with Crippen LogP contribution in [0.4, 0.5) is 5.69 Å². The second-order valence-electron chi connectivity index (χ2n) is 4.86. The Bertz CT molecular complexity index is 484. The van der Waals surface area contributed by atoms with Crippen molar-refractivity contribution < 1.29 is 10.2 Å². The highest BCUT2D eigenvalue weighted by molar-refractivity contribution is 6.33. The molecule has 1 fully saturated rings. The minimum Gasteiger partial charge on any atom is -0.394 e. The molecule has 1 heterocycles. The van der Waals surface area contributed by atoms with Gasteiger partial charge in [-0.15, -0.1) is 0 Å². The summed E-state index contributed by atoms with van der Waals surface area (Å²) in [6.45, 7) is 0.0298. The summed E-state index contributed by atoms with van der Waals surface area (Å²) in [6.07, 6.45) is 4.86. The molecule has 3 N–H and O–H groups in total. The maximum atomic E-state index is 12.2. The van der Waals surface area contributed by atoms with E-state index in [2.05, 4.69) is 10.4 Å². The molecule has 1 aromatic rings. The average molecular weight is 288 g/mol. The molecule has 106 valence electrons. The number of hydrogen-bond donors (Lipinski definition) is 3. The van der Waals surface area contributed by atoms with Gasteiger partial charge in [0.05, 0.1) is 30.5 Å². The molecule has 0 aliphatic heterocycles. The molecule has 0 spiro atoms. The predicted molar refractivity (Wildman–Crippen MR) is 72.4 cm³/mol. The molecule has 0 bridgehead atoms. The van der Waals surface area contributed by atoms with Crippen molar-refractivity contribution in [1.82, 2.24) is 9.78 Å². The van der Waals surface area contributed by atoms with Crippen LogP contribution in [0.5, 0.6) is 0 Å². The summed E-state index contributed by atoms with van der Waals surface area (Å²) in [7, 11) is 0. The standard InChI is InChI=1S/C12H18ClN3O3/c13-10-4-14-16(5-8-2-1-3-8)12(19)11(10)15-9(6-17)7-18/h4,8-9,15,17-18H,1-3,5-7H2. The van der Waals surface area contributed by atoms with Crippen LogP contribution in [0.3, 0.4) is 0 Å². The normalized spacial score (nSPS) is 15.6. The number of rotatable bonds is 6. The number of aliphatic hydroxyl groups is 2. The quantitative estimate of drug-likeness (QED) is 0.708. The van der Waals surface area contributed by atoms with Crippen molar-refractivity contribution in [3.05, 3.63) is 21.6 Å². The van der Waals surface area contributed by atoms with Crippen LogP contribution in [-0.4, -0.2) is 39.2 Å². The fraction of sp³-hybridized carbons (Fsp3) is 0.667. The molecule has 0 aromatic carbocycles. The molecule has 6 nitrogen and oxygen atoms in total. The summed E-state index contributed by atoms with van der Waals surface area (Å²) in [4.78, 5) is 12.2. The summed E-state index contributed by atoms with van der Waals surface area (Å²) in [5, 5.41) is 25.1. The third-order valence-electron chi connectivity index (χ3n) is 3.44. The largest absolute Gasteiger partial charge is 0.394 e. The smallest absolute Gasteiger partial charge is 0.291 e. The van der Waals surface area contributed by atoms with Gasteiger partial charge in [-0.25, -0.2) is 4.68 Å². The van der Waals surface area contributed by atoms with Crippen molar-refractivity contribution >= 4 is 17.3 Å². The lowest BCUT2D eigenvalue weighted by atomic mass is 9.85. The van der Waals surface area contributed by atoms with Gasteiger partial charge in [-0.05, 0) is 18.8 Å². The summed E-state index contributed by atoms with van der Waals surface area (Å²) in [5.74, 6) is 0.505. The predicted octanol–water partition coefficient (Wildman–Crippen LogP) is 0.462. The Labute approximate surface area is 116 Å². The zero-order valence-electron chi connectivity index (χ0n) is 10.5. The van der Waals surface area contributed by atoms with Gasteiger partial charge in [0, 0.05) is 6.54 Å². The van der Waals surface area contributed by atoms with Crippen molar-refractivity contribution in [1.29, 1.82) is 0 Å². The van der Waals surface area contributed by atoms with E-state index in [9.17, 15) is 4.79 Å². The molecule has 7 heteroatoms. The first kappa shape index (κ1) is 14.3. The summed E-state index contributed by atoms with van der Waals surface area (Å²) in [5.41, 5.74) is -0.129. The van der Waals surface area contributed by atoms with E-state index in [4.69, 9.17) is 21.8 Å². The van der Waals surface area contributed by atoms with Gasteiger partial charge in [-0.3, -0.25) is 4.79 Å². The van der Waals surface area contributed by atoms with Crippen LogP contribution in [0.2, 0.25) is 5.02 Å². The van der Waals surface area contributed by atoms with Crippen LogP contribution < -0.4 is 10.9 Å². The minimum atomic E-state index is -0.607. The van der Waals surface area contributed by atoms with Gasteiger partial charge in [-0.1, -0.05) is 18.0 Å². The molecule has 1 aliphatic rings. The van der Waals surface area contributed by atoms with Gasteiger partial charge in [0.2, 0.25) is 0 Å². The van der Waals surface area contributed by atoms with Crippen molar-refractivity contribution in [2.75, 3.05) is 18.5 Å². The van der Waals surface area contributed by atoms with Crippen molar-refractivity contribution in [3.63, 3.8) is 0 Å². The fourth-order valence-corrected chi connectivity index (χ4v) is 2.18. The van der Waals surface area contributed by atoms with Crippen LogP contribution in [0.15, 0.2) is 11.0 Å². The molecule has 1 saturated carbocycles. The third kappa shape index (κ3) is 3.26. The molecule has 0 saturated heterocycles. The number of halogens is 1. The van der Waals surface area contributed by atoms with Crippen LogP contribution in [0.1, 0.15) is 19.3 Å². The van der Waals surface area contributed by atoms with Gasteiger partial charge in [0.25, 0.3) is 5.56 Å². The van der Waals surface area contributed by atoms with E-state index in [-0.39, 0.29) is 29.5 Å². The zero-order valence-corrected chi connectivity index (χ0v) is 11.3. The zero-order chi connectivity index (χ0) is 13.8. The number of hydrogen-bond acceptors (Lipinski definition) is 5. The highest BCUT2D eigenvalue weighted by Crippen LogP contribution is 2.27. The Balaban J connectivity index is 2.20. The highest BCUT2D eigenvalue weighted by Gasteiger charge is 2.20. The van der Waals surface area contributed by atoms with E-state index in [1.54, 1.807) is 0 Å². The van der Waals surface area contributed by atoms with Crippen LogP contribution in [0, 0.1) is 5.92 Å². The number of aliphatic hydroxyl groups excluding tert-OH is 2. The van der Waals surface area contributed by atoms with E-state index in [0.717, 1.165) is 12.8 Å². The first-order valence-corrected chi connectivity index (χ1v) is 6.77. The lowest BCUT2D eigenvalue weighted by Gasteiger charge is -2.25. The number of nitrogens with one attached hydrogen (secondary N) is 1. The molecule has 1 aliphatic carbocycles. The van der Waals surface area contributed by atoms with Gasteiger partial charge in [0.1, 0.15) is 5.69 Å². The number of anilines is 1. The van der Waals surface area contributed by atoms with E-state index >= 15 is 0 Å². The topological polar surface area (TPSA) is 87.4 Å². The first-order chi connectivity index (χ1) is 9.15. The molecule has 0 unspecified atom stereocenters. The van der Waals surface area contributed by atoms with Crippen LogP contribution in [0.25, 0.3) is 0 Å². The second-order valence-corrected chi connectivity index (χ2v) is 5.27. The monoisotopic (exact) mass is 287 g/mol.